The Kier molecular flexibility index (Phi) is 5.41. The van der Waals surface area contributed by atoms with E-state index < -0.39 is 10.0 Å². The fraction of sp³-hybridized carbons (Fsp3) is 0.733. The van der Waals surface area contributed by atoms with Gasteiger partial charge in [-0.2, -0.15) is 4.31 Å². The van der Waals surface area contributed by atoms with Crippen LogP contribution >= 0.6 is 11.3 Å². The normalized spacial score (nSPS) is 24.2. The fourth-order valence-corrected chi connectivity index (χ4v) is 5.82. The summed E-state index contributed by atoms with van der Waals surface area (Å²) in [5.74, 6) is 0.235. The highest BCUT2D eigenvalue weighted by atomic mass is 32.2. The minimum absolute atomic E-state index is 0.0806. The Balaban J connectivity index is 1.55. The lowest BCUT2D eigenvalue weighted by Crippen LogP contribution is -2.52. The van der Waals surface area contributed by atoms with Crippen molar-refractivity contribution in [3.05, 3.63) is 16.1 Å². The second-order valence-corrected chi connectivity index (χ2v) is 9.25. The van der Waals surface area contributed by atoms with Gasteiger partial charge in [-0.1, -0.05) is 6.92 Å². The molecule has 7 nitrogen and oxygen atoms in total. The molecule has 2 fully saturated rings. The number of nitrogens with zero attached hydrogens (tertiary/aromatic N) is 3. The van der Waals surface area contributed by atoms with Crippen LogP contribution in [0.4, 0.5) is 4.79 Å². The number of amides is 2. The van der Waals surface area contributed by atoms with Crippen molar-refractivity contribution in [1.82, 2.24) is 19.5 Å². The zero-order valence-electron chi connectivity index (χ0n) is 13.9. The van der Waals surface area contributed by atoms with E-state index in [0.717, 1.165) is 30.0 Å². The van der Waals surface area contributed by atoms with Crippen LogP contribution in [0.1, 0.15) is 36.9 Å². The molecular formula is C15H24N4O3S2. The third-order valence-electron chi connectivity index (χ3n) is 4.55. The fourth-order valence-electron chi connectivity index (χ4n) is 3.31. The van der Waals surface area contributed by atoms with E-state index in [4.69, 9.17) is 0 Å². The quantitative estimate of drug-likeness (QED) is 0.866. The van der Waals surface area contributed by atoms with Gasteiger partial charge in [0.05, 0.1) is 23.0 Å². The molecule has 0 aliphatic carbocycles. The van der Waals surface area contributed by atoms with E-state index >= 15 is 0 Å². The summed E-state index contributed by atoms with van der Waals surface area (Å²) in [6, 6.07) is -0.217. The van der Waals surface area contributed by atoms with E-state index in [0.29, 0.717) is 32.6 Å². The van der Waals surface area contributed by atoms with E-state index in [2.05, 4.69) is 17.2 Å². The van der Waals surface area contributed by atoms with Crippen molar-refractivity contribution < 1.29 is 13.2 Å². The molecule has 1 aromatic rings. The molecule has 0 saturated carbocycles. The molecule has 9 heteroatoms. The van der Waals surface area contributed by atoms with Gasteiger partial charge in [-0.3, -0.25) is 0 Å². The van der Waals surface area contributed by atoms with Crippen molar-refractivity contribution in [2.75, 3.05) is 25.4 Å². The summed E-state index contributed by atoms with van der Waals surface area (Å²) in [5.41, 5.74) is 0.876. The number of carbonyl (C=O) groups is 1. The monoisotopic (exact) mass is 372 g/mol. The van der Waals surface area contributed by atoms with Gasteiger partial charge in [-0.25, -0.2) is 18.2 Å². The van der Waals surface area contributed by atoms with Gasteiger partial charge in [-0.05, 0) is 25.7 Å². The molecule has 3 rings (SSSR count). The first-order valence-corrected chi connectivity index (χ1v) is 10.9. The Hall–Kier alpha value is -1.19. The molecule has 1 N–H and O–H groups in total. The van der Waals surface area contributed by atoms with Gasteiger partial charge in [0.15, 0.2) is 0 Å². The first kappa shape index (κ1) is 17.6. The summed E-state index contributed by atoms with van der Waals surface area (Å²) < 4.78 is 25.8. The summed E-state index contributed by atoms with van der Waals surface area (Å²) in [4.78, 5) is 18.6. The Labute approximate surface area is 147 Å². The molecule has 1 unspecified atom stereocenters. The van der Waals surface area contributed by atoms with Crippen LogP contribution in [0.25, 0.3) is 0 Å². The predicted molar refractivity (Wildman–Crippen MR) is 93.4 cm³/mol. The average Bonchev–Trinajstić information content (AvgIpc) is 3.18. The number of likely N-dealkylation sites (tertiary alicyclic amines) is 1. The molecule has 1 atom stereocenters. The summed E-state index contributed by atoms with van der Waals surface area (Å²) in [6.45, 7) is 4.21. The number of rotatable bonds is 4. The molecule has 0 bridgehead atoms. The van der Waals surface area contributed by atoms with Crippen LogP contribution in [0.2, 0.25) is 0 Å². The molecule has 134 valence electrons. The number of hydrogen-bond acceptors (Lipinski definition) is 5. The van der Waals surface area contributed by atoms with Crippen LogP contribution in [0.5, 0.6) is 0 Å². The first-order valence-electron chi connectivity index (χ1n) is 8.45. The number of aryl methyl sites for hydroxylation is 1. The molecule has 0 radical (unpaired) electrons. The predicted octanol–water partition coefficient (Wildman–Crippen LogP) is 1.41. The largest absolute Gasteiger partial charge is 0.332 e. The molecule has 24 heavy (non-hydrogen) atoms. The molecule has 2 amide bonds. The standard InChI is InChI=1S/C15H24N4O3S2/c1-2-14-17-12(11-23-14)9-16-15(20)18-6-3-5-13(10-18)19-7-4-8-24(19,21)22/h11,13H,2-10H2,1H3,(H,16,20). The number of thiazole rings is 1. The van der Waals surface area contributed by atoms with Gasteiger partial charge >= 0.3 is 6.03 Å². The van der Waals surface area contributed by atoms with E-state index in [1.807, 2.05) is 5.38 Å². The van der Waals surface area contributed by atoms with Crippen molar-refractivity contribution in [2.24, 2.45) is 0 Å². The number of carbonyl (C=O) groups excluding carboxylic acids is 1. The lowest BCUT2D eigenvalue weighted by molar-refractivity contribution is 0.152. The van der Waals surface area contributed by atoms with Gasteiger partial charge in [-0.15, -0.1) is 11.3 Å². The van der Waals surface area contributed by atoms with E-state index in [-0.39, 0.29) is 17.8 Å². The molecule has 2 saturated heterocycles. The SMILES string of the molecule is CCc1nc(CNC(=O)N2CCCC(N3CCCS3(=O)=O)C2)cs1. The number of urea groups is 1. The molecule has 2 aliphatic rings. The van der Waals surface area contributed by atoms with Gasteiger partial charge in [0.1, 0.15) is 0 Å². The van der Waals surface area contributed by atoms with E-state index in [1.165, 1.54) is 0 Å². The average molecular weight is 373 g/mol. The second-order valence-electron chi connectivity index (χ2n) is 6.27. The zero-order valence-corrected chi connectivity index (χ0v) is 15.5. The Morgan fingerprint density at radius 1 is 1.42 bits per heavy atom. The highest BCUT2D eigenvalue weighted by Gasteiger charge is 2.37. The summed E-state index contributed by atoms with van der Waals surface area (Å²) in [7, 11) is -3.12. The maximum Gasteiger partial charge on any atom is 0.317 e. The molecule has 2 aliphatic heterocycles. The molecule has 1 aromatic heterocycles. The van der Waals surface area contributed by atoms with Gasteiger partial charge in [0.2, 0.25) is 10.0 Å². The van der Waals surface area contributed by atoms with E-state index in [1.54, 1.807) is 20.5 Å². The summed E-state index contributed by atoms with van der Waals surface area (Å²) >= 11 is 1.60. The number of sulfonamides is 1. The van der Waals surface area contributed by atoms with Crippen molar-refractivity contribution in [3.63, 3.8) is 0 Å². The van der Waals surface area contributed by atoms with Gasteiger partial charge in [0.25, 0.3) is 0 Å². The van der Waals surface area contributed by atoms with Gasteiger partial charge in [0, 0.05) is 31.1 Å². The van der Waals surface area contributed by atoms with Crippen LogP contribution in [0.15, 0.2) is 5.38 Å². The lowest BCUT2D eigenvalue weighted by atomic mass is 10.1. The number of piperidine rings is 1. The van der Waals surface area contributed by atoms with Crippen LogP contribution in [0, 0.1) is 0 Å². The minimum Gasteiger partial charge on any atom is -0.332 e. The summed E-state index contributed by atoms with van der Waals surface area (Å²) in [5, 5.41) is 5.93. The second kappa shape index (κ2) is 7.37. The van der Waals surface area contributed by atoms with Crippen LogP contribution in [-0.2, 0) is 23.0 Å². The Morgan fingerprint density at radius 2 is 2.25 bits per heavy atom. The highest BCUT2D eigenvalue weighted by Crippen LogP contribution is 2.23. The Bertz CT molecular complexity index is 689. The third kappa shape index (κ3) is 3.89. The molecule has 0 spiro atoms. The topological polar surface area (TPSA) is 82.6 Å². The van der Waals surface area contributed by atoms with Gasteiger partial charge < -0.3 is 10.2 Å². The highest BCUT2D eigenvalue weighted by molar-refractivity contribution is 7.89. The molecular weight excluding hydrogens is 348 g/mol. The smallest absolute Gasteiger partial charge is 0.317 e. The Morgan fingerprint density at radius 3 is 2.92 bits per heavy atom. The van der Waals surface area contributed by atoms with Crippen LogP contribution in [-0.4, -0.2) is 60.1 Å². The van der Waals surface area contributed by atoms with Crippen molar-refractivity contribution in [2.45, 2.75) is 45.2 Å². The maximum atomic E-state index is 12.4. The van der Waals surface area contributed by atoms with Crippen molar-refractivity contribution in [3.8, 4) is 0 Å². The van der Waals surface area contributed by atoms with Crippen LogP contribution < -0.4 is 5.32 Å². The third-order valence-corrected chi connectivity index (χ3v) is 7.59. The minimum atomic E-state index is -3.12. The molecule has 3 heterocycles. The molecule has 0 aromatic carbocycles. The maximum absolute atomic E-state index is 12.4. The number of hydrogen-bond donors (Lipinski definition) is 1. The lowest BCUT2D eigenvalue weighted by Gasteiger charge is -2.36. The summed E-state index contributed by atoms with van der Waals surface area (Å²) in [6.07, 6.45) is 3.25. The number of nitrogens with one attached hydrogen (secondary N) is 1. The van der Waals surface area contributed by atoms with Crippen molar-refractivity contribution in [1.29, 1.82) is 0 Å². The number of aromatic nitrogens is 1. The first-order chi connectivity index (χ1) is 11.5. The van der Waals surface area contributed by atoms with E-state index in [9.17, 15) is 13.2 Å². The zero-order chi connectivity index (χ0) is 17.2. The van der Waals surface area contributed by atoms with Crippen LogP contribution in [0.3, 0.4) is 0 Å². The van der Waals surface area contributed by atoms with Crippen molar-refractivity contribution >= 4 is 27.4 Å².